The second-order valence-corrected chi connectivity index (χ2v) is 4.46. The number of carbonyl (C=O) groups is 1. The van der Waals surface area contributed by atoms with Gasteiger partial charge in [0.1, 0.15) is 0 Å². The molecule has 1 aliphatic rings. The van der Waals surface area contributed by atoms with Crippen molar-refractivity contribution in [2.24, 2.45) is 5.92 Å². The normalized spacial score (nSPS) is 28.6. The summed E-state index contributed by atoms with van der Waals surface area (Å²) in [4.78, 5) is 12.8. The molecule has 82 valence electrons. The largest absolute Gasteiger partial charge is 0.481 e. The van der Waals surface area contributed by atoms with Crippen LogP contribution in [0.25, 0.3) is 0 Å². The predicted octanol–water partition coefficient (Wildman–Crippen LogP) is 0.389. The highest BCUT2D eigenvalue weighted by Gasteiger charge is 2.36. The van der Waals surface area contributed by atoms with Gasteiger partial charge in [0.15, 0.2) is 0 Å². The third-order valence-corrected chi connectivity index (χ3v) is 2.73. The maximum Gasteiger partial charge on any atom is 0.308 e. The van der Waals surface area contributed by atoms with E-state index in [2.05, 4.69) is 17.1 Å². The minimum atomic E-state index is -0.661. The molecule has 0 aliphatic heterocycles. The predicted molar refractivity (Wildman–Crippen MR) is 55.3 cm³/mol. The smallest absolute Gasteiger partial charge is 0.308 e. The van der Waals surface area contributed by atoms with E-state index in [0.717, 1.165) is 19.4 Å². The maximum atomic E-state index is 10.7. The van der Waals surface area contributed by atoms with Crippen molar-refractivity contribution in [3.63, 3.8) is 0 Å². The van der Waals surface area contributed by atoms with Gasteiger partial charge < -0.3 is 15.3 Å². The van der Waals surface area contributed by atoms with E-state index in [1.807, 2.05) is 14.1 Å². The summed E-state index contributed by atoms with van der Waals surface area (Å²) in [5, 5.41) is 12.2. The molecule has 0 aromatic carbocycles. The zero-order valence-electron chi connectivity index (χ0n) is 9.16. The fraction of sp³-hybridized carbons (Fsp3) is 0.900. The molecule has 0 radical (unpaired) electrons. The highest BCUT2D eigenvalue weighted by molar-refractivity contribution is 5.72. The summed E-state index contributed by atoms with van der Waals surface area (Å²) >= 11 is 0. The first-order valence-electron chi connectivity index (χ1n) is 5.14. The number of likely N-dealkylation sites (N-methyl/N-ethyl adjacent to an activating group) is 1. The van der Waals surface area contributed by atoms with Gasteiger partial charge in [-0.05, 0) is 33.9 Å². The van der Waals surface area contributed by atoms with Gasteiger partial charge in [0.05, 0.1) is 5.92 Å². The van der Waals surface area contributed by atoms with Gasteiger partial charge in [-0.2, -0.15) is 0 Å². The van der Waals surface area contributed by atoms with Crippen LogP contribution in [0.15, 0.2) is 0 Å². The average molecular weight is 200 g/mol. The summed E-state index contributed by atoms with van der Waals surface area (Å²) in [6.07, 6.45) is 1.82. The number of aliphatic carboxylic acids is 1. The van der Waals surface area contributed by atoms with E-state index < -0.39 is 5.97 Å². The molecular formula is C10H20N2O2. The zero-order chi connectivity index (χ0) is 10.7. The zero-order valence-corrected chi connectivity index (χ0v) is 9.16. The van der Waals surface area contributed by atoms with Crippen LogP contribution >= 0.6 is 0 Å². The Morgan fingerprint density at radius 1 is 1.57 bits per heavy atom. The Labute approximate surface area is 85.3 Å². The van der Waals surface area contributed by atoms with Gasteiger partial charge in [-0.1, -0.05) is 0 Å². The summed E-state index contributed by atoms with van der Waals surface area (Å²) in [6.45, 7) is 3.04. The number of nitrogens with one attached hydrogen (secondary N) is 1. The summed E-state index contributed by atoms with van der Waals surface area (Å²) in [5.41, 5.74) is 0. The lowest BCUT2D eigenvalue weighted by atomic mass is 9.79. The standard InChI is InChI=1S/C10H20N2O2/c1-7(6-12(2)3)11-9-5-4-8(9)10(13)14/h7-9,11H,4-6H2,1-3H3,(H,13,14). The van der Waals surface area contributed by atoms with Gasteiger partial charge >= 0.3 is 5.97 Å². The van der Waals surface area contributed by atoms with Crippen molar-refractivity contribution in [1.82, 2.24) is 10.2 Å². The van der Waals surface area contributed by atoms with Crippen molar-refractivity contribution in [2.75, 3.05) is 20.6 Å². The van der Waals surface area contributed by atoms with Crippen molar-refractivity contribution in [3.05, 3.63) is 0 Å². The summed E-state index contributed by atoms with van der Waals surface area (Å²) in [6, 6.07) is 0.541. The number of hydrogen-bond donors (Lipinski definition) is 2. The fourth-order valence-corrected chi connectivity index (χ4v) is 1.96. The van der Waals surface area contributed by atoms with E-state index in [1.54, 1.807) is 0 Å². The van der Waals surface area contributed by atoms with Crippen molar-refractivity contribution in [1.29, 1.82) is 0 Å². The number of carboxylic acids is 1. The van der Waals surface area contributed by atoms with Crippen LogP contribution < -0.4 is 5.32 Å². The van der Waals surface area contributed by atoms with Crippen LogP contribution in [0, 0.1) is 5.92 Å². The summed E-state index contributed by atoms with van der Waals surface area (Å²) < 4.78 is 0. The Hall–Kier alpha value is -0.610. The molecule has 0 heterocycles. The van der Waals surface area contributed by atoms with Gasteiger partial charge in [-0.15, -0.1) is 0 Å². The molecule has 1 saturated carbocycles. The van der Waals surface area contributed by atoms with E-state index >= 15 is 0 Å². The molecule has 4 heteroatoms. The number of hydrogen-bond acceptors (Lipinski definition) is 3. The Bertz CT molecular complexity index is 206. The van der Waals surface area contributed by atoms with Crippen LogP contribution in [0.2, 0.25) is 0 Å². The molecule has 1 aliphatic carbocycles. The molecule has 0 aromatic rings. The van der Waals surface area contributed by atoms with Crippen molar-refractivity contribution >= 4 is 5.97 Å². The third-order valence-electron chi connectivity index (χ3n) is 2.73. The first-order chi connectivity index (χ1) is 6.50. The fourth-order valence-electron chi connectivity index (χ4n) is 1.96. The van der Waals surface area contributed by atoms with Crippen LogP contribution in [-0.4, -0.2) is 48.7 Å². The lowest BCUT2D eigenvalue weighted by Gasteiger charge is -2.36. The number of rotatable bonds is 5. The molecule has 0 aromatic heterocycles. The lowest BCUT2D eigenvalue weighted by molar-refractivity contribution is -0.146. The number of nitrogens with zero attached hydrogens (tertiary/aromatic N) is 1. The van der Waals surface area contributed by atoms with Gasteiger partial charge in [0.2, 0.25) is 0 Å². The first kappa shape index (κ1) is 11.5. The minimum absolute atomic E-state index is 0.167. The summed E-state index contributed by atoms with van der Waals surface area (Å²) in [5.74, 6) is -0.828. The van der Waals surface area contributed by atoms with Crippen molar-refractivity contribution in [2.45, 2.75) is 31.8 Å². The average Bonchev–Trinajstić information content (AvgIpc) is 1.95. The van der Waals surface area contributed by atoms with Crippen molar-refractivity contribution < 1.29 is 9.90 Å². The third kappa shape index (κ3) is 2.96. The Morgan fingerprint density at radius 3 is 2.57 bits per heavy atom. The van der Waals surface area contributed by atoms with Gasteiger partial charge in [0, 0.05) is 18.6 Å². The second-order valence-electron chi connectivity index (χ2n) is 4.46. The molecule has 1 fully saturated rings. The minimum Gasteiger partial charge on any atom is -0.481 e. The van der Waals surface area contributed by atoms with E-state index in [4.69, 9.17) is 5.11 Å². The Kier molecular flexibility index (Phi) is 3.89. The molecule has 0 amide bonds. The van der Waals surface area contributed by atoms with Crippen LogP contribution in [0.5, 0.6) is 0 Å². The lowest BCUT2D eigenvalue weighted by Crippen LogP contribution is -2.52. The molecule has 3 atom stereocenters. The first-order valence-corrected chi connectivity index (χ1v) is 5.14. The topological polar surface area (TPSA) is 52.6 Å². The van der Waals surface area contributed by atoms with Crippen LogP contribution in [0.4, 0.5) is 0 Å². The monoisotopic (exact) mass is 200 g/mol. The van der Waals surface area contributed by atoms with Gasteiger partial charge in [0.25, 0.3) is 0 Å². The second kappa shape index (κ2) is 4.75. The molecular weight excluding hydrogens is 180 g/mol. The SMILES string of the molecule is CC(CN(C)C)NC1CCC1C(=O)O. The number of carboxylic acid groups (broad SMARTS) is 1. The van der Waals surface area contributed by atoms with Gasteiger partial charge in [-0.3, -0.25) is 4.79 Å². The van der Waals surface area contributed by atoms with E-state index in [1.165, 1.54) is 0 Å². The van der Waals surface area contributed by atoms with E-state index in [9.17, 15) is 4.79 Å². The molecule has 3 unspecified atom stereocenters. The molecule has 0 spiro atoms. The Balaban J connectivity index is 2.27. The Morgan fingerprint density at radius 2 is 2.21 bits per heavy atom. The summed E-state index contributed by atoms with van der Waals surface area (Å²) in [7, 11) is 4.04. The quantitative estimate of drug-likeness (QED) is 0.674. The molecule has 0 bridgehead atoms. The van der Waals surface area contributed by atoms with E-state index in [-0.39, 0.29) is 12.0 Å². The van der Waals surface area contributed by atoms with Crippen LogP contribution in [0.3, 0.4) is 0 Å². The highest BCUT2D eigenvalue weighted by Crippen LogP contribution is 2.27. The van der Waals surface area contributed by atoms with Crippen molar-refractivity contribution in [3.8, 4) is 0 Å². The van der Waals surface area contributed by atoms with Crippen LogP contribution in [0.1, 0.15) is 19.8 Å². The van der Waals surface area contributed by atoms with E-state index in [0.29, 0.717) is 6.04 Å². The highest BCUT2D eigenvalue weighted by atomic mass is 16.4. The van der Waals surface area contributed by atoms with Gasteiger partial charge in [-0.25, -0.2) is 0 Å². The molecule has 2 N–H and O–H groups in total. The maximum absolute atomic E-state index is 10.7. The molecule has 1 rings (SSSR count). The molecule has 0 saturated heterocycles. The molecule has 14 heavy (non-hydrogen) atoms. The van der Waals surface area contributed by atoms with Crippen LogP contribution in [-0.2, 0) is 4.79 Å². The molecule has 4 nitrogen and oxygen atoms in total.